The van der Waals surface area contributed by atoms with Crippen molar-refractivity contribution in [2.45, 2.75) is 64.0 Å². The second kappa shape index (κ2) is 4.73. The van der Waals surface area contributed by atoms with Gasteiger partial charge in [0, 0.05) is 18.5 Å². The van der Waals surface area contributed by atoms with E-state index >= 15 is 0 Å². The molecule has 2 fully saturated rings. The van der Waals surface area contributed by atoms with Crippen molar-refractivity contribution in [2.75, 3.05) is 6.54 Å². The predicted molar refractivity (Wildman–Crippen MR) is 78.6 cm³/mol. The Balaban J connectivity index is 2.38. The van der Waals surface area contributed by atoms with Gasteiger partial charge in [0.15, 0.2) is 9.04 Å². The van der Waals surface area contributed by atoms with Crippen molar-refractivity contribution in [3.8, 4) is 0 Å². The summed E-state index contributed by atoms with van der Waals surface area (Å²) in [6.07, 6.45) is 1.25. The molecule has 0 saturated carbocycles. The molecule has 2 aliphatic rings. The Labute approximate surface area is 122 Å². The van der Waals surface area contributed by atoms with Gasteiger partial charge in [-0.25, -0.2) is 4.79 Å². The Bertz CT molecular complexity index is 435. The summed E-state index contributed by atoms with van der Waals surface area (Å²) < 4.78 is 5.94. The van der Waals surface area contributed by atoms with Crippen LogP contribution >= 0.6 is 0 Å². The maximum Gasteiger partial charge on any atom is 0.323 e. The lowest BCUT2D eigenvalue weighted by Crippen LogP contribution is -2.63. The number of fused-ring (bicyclic) bond motifs is 2. The van der Waals surface area contributed by atoms with Crippen LogP contribution in [0.4, 0.5) is 4.79 Å². The van der Waals surface area contributed by atoms with Gasteiger partial charge in [0.1, 0.15) is 0 Å². The van der Waals surface area contributed by atoms with Crippen LogP contribution in [0.25, 0.3) is 0 Å². The molecule has 20 heavy (non-hydrogen) atoms. The highest BCUT2D eigenvalue weighted by atomic mass is 28.3. The minimum absolute atomic E-state index is 0.131. The van der Waals surface area contributed by atoms with Crippen LogP contribution in [0.3, 0.4) is 0 Å². The first kappa shape index (κ1) is 15.3. The molecule has 3 amide bonds. The molecule has 0 spiro atoms. The maximum absolute atomic E-state index is 12.7. The van der Waals surface area contributed by atoms with Crippen molar-refractivity contribution >= 4 is 21.0 Å². The van der Waals surface area contributed by atoms with E-state index in [1.54, 1.807) is 4.90 Å². The number of amides is 3. The molecule has 1 unspecified atom stereocenters. The molecule has 0 aromatic heterocycles. The number of urea groups is 1. The zero-order chi connectivity index (χ0) is 15.3. The van der Waals surface area contributed by atoms with E-state index in [0.29, 0.717) is 13.0 Å². The fourth-order valence-electron chi connectivity index (χ4n) is 3.34. The number of piperidine rings is 1. The molecular formula is C13H25N3O3Si. The van der Waals surface area contributed by atoms with Gasteiger partial charge in [-0.3, -0.25) is 9.69 Å². The van der Waals surface area contributed by atoms with Crippen molar-refractivity contribution in [3.63, 3.8) is 0 Å². The summed E-state index contributed by atoms with van der Waals surface area (Å²) in [6.45, 7) is 10.5. The second-order valence-electron chi connectivity index (χ2n) is 6.94. The van der Waals surface area contributed by atoms with Gasteiger partial charge >= 0.3 is 6.03 Å². The Kier molecular flexibility index (Phi) is 3.62. The van der Waals surface area contributed by atoms with Gasteiger partial charge in [0.25, 0.3) is 5.91 Å². The van der Waals surface area contributed by atoms with E-state index in [9.17, 15) is 9.59 Å². The van der Waals surface area contributed by atoms with Crippen molar-refractivity contribution in [1.29, 1.82) is 0 Å². The third-order valence-electron chi connectivity index (χ3n) is 3.99. The number of rotatable bonds is 3. The largest absolute Gasteiger partial charge is 0.391 e. The summed E-state index contributed by atoms with van der Waals surface area (Å²) in [7, 11) is -1.50. The fourth-order valence-corrected chi connectivity index (χ4v) is 4.48. The Morgan fingerprint density at radius 1 is 1.45 bits per heavy atom. The number of primary amides is 1. The maximum atomic E-state index is 12.7. The van der Waals surface area contributed by atoms with Crippen molar-refractivity contribution < 1.29 is 14.0 Å². The molecule has 2 aliphatic heterocycles. The van der Waals surface area contributed by atoms with E-state index in [-0.39, 0.29) is 17.6 Å². The first-order chi connectivity index (χ1) is 9.09. The van der Waals surface area contributed by atoms with Gasteiger partial charge in [0.05, 0.1) is 6.04 Å². The lowest BCUT2D eigenvalue weighted by Gasteiger charge is -2.42. The van der Waals surface area contributed by atoms with E-state index in [1.165, 1.54) is 0 Å². The van der Waals surface area contributed by atoms with Crippen LogP contribution in [-0.2, 0) is 9.22 Å². The van der Waals surface area contributed by atoms with E-state index in [4.69, 9.17) is 10.2 Å². The highest BCUT2D eigenvalue weighted by Crippen LogP contribution is 2.40. The zero-order valence-electron chi connectivity index (χ0n) is 13.0. The Hall–Kier alpha value is -1.08. The molecule has 6 nitrogen and oxygen atoms in total. The van der Waals surface area contributed by atoms with Gasteiger partial charge in [-0.1, -0.05) is 0 Å². The highest BCUT2D eigenvalue weighted by Gasteiger charge is 2.58. The molecule has 0 radical (unpaired) electrons. The van der Waals surface area contributed by atoms with E-state index in [1.807, 2.05) is 38.8 Å². The molecule has 7 heteroatoms. The number of carbonyl (C=O) groups is 2. The SMILES string of the molecule is C[SiH](C)O[C@]1(C(N)=O)CCC2CN1C(=O)N2C(C)(C)C. The summed E-state index contributed by atoms with van der Waals surface area (Å²) in [4.78, 5) is 28.1. The third-order valence-corrected chi connectivity index (χ3v) is 4.85. The van der Waals surface area contributed by atoms with Crippen LogP contribution in [0.15, 0.2) is 0 Å². The quantitative estimate of drug-likeness (QED) is 0.786. The number of hydrogen-bond donors (Lipinski definition) is 1. The van der Waals surface area contributed by atoms with Crippen LogP contribution in [0, 0.1) is 0 Å². The number of carbonyl (C=O) groups excluding carboxylic acids is 2. The minimum Gasteiger partial charge on any atom is -0.391 e. The average Bonchev–Trinajstić information content (AvgIpc) is 2.55. The van der Waals surface area contributed by atoms with Gasteiger partial charge in [-0.05, 0) is 40.3 Å². The molecular weight excluding hydrogens is 274 g/mol. The van der Waals surface area contributed by atoms with Crippen LogP contribution in [0.2, 0.25) is 13.1 Å². The Morgan fingerprint density at radius 2 is 2.05 bits per heavy atom. The van der Waals surface area contributed by atoms with Gasteiger partial charge in [-0.15, -0.1) is 0 Å². The van der Waals surface area contributed by atoms with Gasteiger partial charge in [0.2, 0.25) is 5.72 Å². The molecule has 2 atom stereocenters. The van der Waals surface area contributed by atoms with E-state index in [2.05, 4.69) is 0 Å². The molecule has 114 valence electrons. The van der Waals surface area contributed by atoms with Crippen molar-refractivity contribution in [1.82, 2.24) is 9.80 Å². The van der Waals surface area contributed by atoms with Gasteiger partial charge < -0.3 is 15.1 Å². The summed E-state index contributed by atoms with van der Waals surface area (Å²) in [5.74, 6) is -0.541. The van der Waals surface area contributed by atoms with Crippen molar-refractivity contribution in [3.05, 3.63) is 0 Å². The van der Waals surface area contributed by atoms with E-state index < -0.39 is 20.7 Å². The molecule has 2 bridgehead atoms. The van der Waals surface area contributed by atoms with Crippen LogP contribution in [-0.4, -0.2) is 54.6 Å². The van der Waals surface area contributed by atoms with Crippen LogP contribution < -0.4 is 5.73 Å². The smallest absolute Gasteiger partial charge is 0.323 e. The standard InChI is InChI=1S/C13H25N3O3Si/c1-12(2,3)16-9-6-7-13(10(14)17,19-20(4)5)15(8-9)11(16)18/h9,20H,6-8H2,1-5H3,(H2,14,17)/t9?,13-/m0/s1. The topological polar surface area (TPSA) is 75.9 Å². The lowest BCUT2D eigenvalue weighted by molar-refractivity contribution is -0.151. The van der Waals surface area contributed by atoms with Crippen molar-refractivity contribution in [2.24, 2.45) is 5.73 Å². The molecule has 2 N–H and O–H groups in total. The molecule has 2 saturated heterocycles. The molecule has 0 aromatic rings. The summed E-state index contributed by atoms with van der Waals surface area (Å²) in [5, 5.41) is 0. The number of hydrogen-bond acceptors (Lipinski definition) is 3. The van der Waals surface area contributed by atoms with Crippen LogP contribution in [0.5, 0.6) is 0 Å². The fraction of sp³-hybridized carbons (Fsp3) is 0.846. The van der Waals surface area contributed by atoms with Gasteiger partial charge in [-0.2, -0.15) is 0 Å². The molecule has 0 aromatic carbocycles. The lowest BCUT2D eigenvalue weighted by atomic mass is 9.95. The first-order valence-electron chi connectivity index (χ1n) is 7.18. The van der Waals surface area contributed by atoms with Crippen LogP contribution in [0.1, 0.15) is 33.6 Å². The predicted octanol–water partition coefficient (Wildman–Crippen LogP) is 0.866. The summed E-state index contributed by atoms with van der Waals surface area (Å²) in [5.41, 5.74) is 4.10. The average molecular weight is 299 g/mol. The zero-order valence-corrected chi connectivity index (χ0v) is 14.1. The first-order valence-corrected chi connectivity index (χ1v) is 9.96. The second-order valence-corrected chi connectivity index (χ2v) is 9.27. The number of nitrogens with zero attached hydrogens (tertiary/aromatic N) is 2. The van der Waals surface area contributed by atoms with E-state index in [0.717, 1.165) is 6.42 Å². The molecule has 2 heterocycles. The molecule has 0 aliphatic carbocycles. The number of nitrogens with two attached hydrogens (primary N) is 1. The Morgan fingerprint density at radius 3 is 2.50 bits per heavy atom. The summed E-state index contributed by atoms with van der Waals surface area (Å²) >= 11 is 0. The monoisotopic (exact) mass is 299 g/mol. The summed E-state index contributed by atoms with van der Waals surface area (Å²) in [6, 6.07) is 0.0147. The minimum atomic E-state index is -1.50. The highest BCUT2D eigenvalue weighted by molar-refractivity contribution is 6.48. The third kappa shape index (κ3) is 2.22. The normalized spacial score (nSPS) is 30.3. The molecule has 2 rings (SSSR count).